The van der Waals surface area contributed by atoms with Gasteiger partial charge in [-0.2, -0.15) is 0 Å². The lowest BCUT2D eigenvalue weighted by Crippen LogP contribution is -2.52. The minimum Gasteiger partial charge on any atom is -0.344 e. The Hall–Kier alpha value is -0.610. The Kier molecular flexibility index (Phi) is 5.44. The van der Waals surface area contributed by atoms with Crippen LogP contribution in [0.1, 0.15) is 46.0 Å². The molecule has 1 N–H and O–H groups in total. The minimum atomic E-state index is -0.150. The van der Waals surface area contributed by atoms with Gasteiger partial charge in [-0.15, -0.1) is 0 Å². The van der Waals surface area contributed by atoms with E-state index in [0.717, 1.165) is 45.4 Å². The average molecular weight is 281 g/mol. The van der Waals surface area contributed by atoms with Gasteiger partial charge in [0.25, 0.3) is 0 Å². The van der Waals surface area contributed by atoms with Crippen molar-refractivity contribution < 1.29 is 4.79 Å². The van der Waals surface area contributed by atoms with Gasteiger partial charge in [-0.05, 0) is 51.7 Å². The first-order chi connectivity index (χ1) is 9.63. The van der Waals surface area contributed by atoms with Crippen molar-refractivity contribution >= 4 is 5.91 Å². The number of piperidine rings is 1. The van der Waals surface area contributed by atoms with Gasteiger partial charge in [0.15, 0.2) is 0 Å². The van der Waals surface area contributed by atoms with E-state index < -0.39 is 0 Å². The number of hydrogen-bond donors (Lipinski definition) is 1. The molecule has 0 radical (unpaired) electrons. The highest BCUT2D eigenvalue weighted by Gasteiger charge is 2.40. The molecule has 0 aliphatic carbocycles. The lowest BCUT2D eigenvalue weighted by Gasteiger charge is -2.39. The van der Waals surface area contributed by atoms with Crippen molar-refractivity contribution in [2.45, 2.75) is 52.0 Å². The molecular formula is C16H31N3O. The summed E-state index contributed by atoms with van der Waals surface area (Å²) in [5.74, 6) is 0.357. The van der Waals surface area contributed by atoms with Crippen LogP contribution in [0.3, 0.4) is 0 Å². The summed E-state index contributed by atoms with van der Waals surface area (Å²) in [6.07, 6.45) is 5.63. The Morgan fingerprint density at radius 3 is 2.80 bits per heavy atom. The Labute approximate surface area is 123 Å². The summed E-state index contributed by atoms with van der Waals surface area (Å²) in [6, 6.07) is 0.569. The molecule has 1 amide bonds. The van der Waals surface area contributed by atoms with Gasteiger partial charge in [0.2, 0.25) is 5.91 Å². The first-order valence-corrected chi connectivity index (χ1v) is 8.33. The zero-order valence-electron chi connectivity index (χ0n) is 13.5. The SMILES string of the molecule is CCN1CCCC1CN(C)C(=O)C1(CC)CCCNC1. The number of carbonyl (C=O) groups excluding carboxylic acids is 1. The fourth-order valence-corrected chi connectivity index (χ4v) is 3.93. The second kappa shape index (κ2) is 6.90. The molecule has 2 fully saturated rings. The van der Waals surface area contributed by atoms with Crippen LogP contribution in [0.25, 0.3) is 0 Å². The molecule has 20 heavy (non-hydrogen) atoms. The molecule has 2 aliphatic rings. The molecule has 0 aromatic heterocycles. The average Bonchev–Trinajstić information content (AvgIpc) is 2.94. The number of hydrogen-bond acceptors (Lipinski definition) is 3. The van der Waals surface area contributed by atoms with Crippen LogP contribution in [0, 0.1) is 5.41 Å². The fourth-order valence-electron chi connectivity index (χ4n) is 3.93. The van der Waals surface area contributed by atoms with Crippen LogP contribution >= 0.6 is 0 Å². The predicted molar refractivity (Wildman–Crippen MR) is 82.7 cm³/mol. The molecule has 4 nitrogen and oxygen atoms in total. The van der Waals surface area contributed by atoms with Crippen molar-refractivity contribution in [2.24, 2.45) is 5.41 Å². The van der Waals surface area contributed by atoms with Crippen molar-refractivity contribution in [3.8, 4) is 0 Å². The Morgan fingerprint density at radius 2 is 2.20 bits per heavy atom. The maximum Gasteiger partial charge on any atom is 0.229 e. The summed E-state index contributed by atoms with van der Waals surface area (Å²) in [4.78, 5) is 17.4. The van der Waals surface area contributed by atoms with Gasteiger partial charge in [-0.1, -0.05) is 13.8 Å². The molecule has 0 bridgehead atoms. The Balaban J connectivity index is 1.96. The van der Waals surface area contributed by atoms with E-state index in [-0.39, 0.29) is 5.41 Å². The highest BCUT2D eigenvalue weighted by molar-refractivity contribution is 5.83. The van der Waals surface area contributed by atoms with Crippen LogP contribution in [-0.4, -0.2) is 61.5 Å². The molecule has 0 spiro atoms. The van der Waals surface area contributed by atoms with Gasteiger partial charge in [-0.3, -0.25) is 9.69 Å². The molecule has 2 aliphatic heterocycles. The van der Waals surface area contributed by atoms with Crippen LogP contribution in [-0.2, 0) is 4.79 Å². The second-order valence-electron chi connectivity index (χ2n) is 6.52. The topological polar surface area (TPSA) is 35.6 Å². The third kappa shape index (κ3) is 3.17. The summed E-state index contributed by atoms with van der Waals surface area (Å²) in [6.45, 7) is 9.50. The number of nitrogens with zero attached hydrogens (tertiary/aromatic N) is 2. The van der Waals surface area contributed by atoms with E-state index >= 15 is 0 Å². The van der Waals surface area contributed by atoms with Crippen LogP contribution in [0.4, 0.5) is 0 Å². The highest BCUT2D eigenvalue weighted by Crippen LogP contribution is 2.32. The maximum atomic E-state index is 12.9. The van der Waals surface area contributed by atoms with E-state index in [4.69, 9.17) is 0 Å². The van der Waals surface area contributed by atoms with Crippen molar-refractivity contribution in [3.63, 3.8) is 0 Å². The molecular weight excluding hydrogens is 250 g/mol. The molecule has 116 valence electrons. The molecule has 2 rings (SSSR count). The van der Waals surface area contributed by atoms with Gasteiger partial charge in [0, 0.05) is 26.2 Å². The van der Waals surface area contributed by atoms with E-state index in [0.29, 0.717) is 11.9 Å². The van der Waals surface area contributed by atoms with Crippen LogP contribution in [0.15, 0.2) is 0 Å². The van der Waals surface area contributed by atoms with E-state index in [1.807, 2.05) is 11.9 Å². The lowest BCUT2D eigenvalue weighted by molar-refractivity contribution is -0.142. The van der Waals surface area contributed by atoms with Crippen LogP contribution in [0.5, 0.6) is 0 Å². The third-order valence-electron chi connectivity index (χ3n) is 5.34. The number of amides is 1. The molecule has 2 saturated heterocycles. The predicted octanol–water partition coefficient (Wildman–Crippen LogP) is 1.71. The van der Waals surface area contributed by atoms with Crippen molar-refractivity contribution in [3.05, 3.63) is 0 Å². The largest absolute Gasteiger partial charge is 0.344 e. The molecule has 2 heterocycles. The first kappa shape index (κ1) is 15.8. The first-order valence-electron chi connectivity index (χ1n) is 8.33. The zero-order valence-corrected chi connectivity index (χ0v) is 13.5. The summed E-state index contributed by atoms with van der Waals surface area (Å²) in [5, 5.41) is 3.42. The monoisotopic (exact) mass is 281 g/mol. The standard InChI is InChI=1S/C16H31N3O/c1-4-16(9-7-10-17-13-16)15(20)18(3)12-14-8-6-11-19(14)5-2/h14,17H,4-13H2,1-3H3. The molecule has 2 atom stereocenters. The van der Waals surface area contributed by atoms with Crippen molar-refractivity contribution in [1.29, 1.82) is 0 Å². The van der Waals surface area contributed by atoms with Gasteiger partial charge < -0.3 is 10.2 Å². The quantitative estimate of drug-likeness (QED) is 0.833. The molecule has 0 aromatic carbocycles. The minimum absolute atomic E-state index is 0.150. The Bertz CT molecular complexity index is 326. The summed E-state index contributed by atoms with van der Waals surface area (Å²) in [5.41, 5.74) is -0.150. The normalized spacial score (nSPS) is 31.4. The van der Waals surface area contributed by atoms with E-state index in [9.17, 15) is 4.79 Å². The van der Waals surface area contributed by atoms with Crippen LogP contribution < -0.4 is 5.32 Å². The third-order valence-corrected chi connectivity index (χ3v) is 5.34. The summed E-state index contributed by atoms with van der Waals surface area (Å²) in [7, 11) is 2.00. The van der Waals surface area contributed by atoms with Gasteiger partial charge in [-0.25, -0.2) is 0 Å². The van der Waals surface area contributed by atoms with Gasteiger partial charge >= 0.3 is 0 Å². The van der Waals surface area contributed by atoms with E-state index in [2.05, 4.69) is 24.1 Å². The van der Waals surface area contributed by atoms with Crippen LogP contribution in [0.2, 0.25) is 0 Å². The number of likely N-dealkylation sites (tertiary alicyclic amines) is 1. The van der Waals surface area contributed by atoms with Gasteiger partial charge in [0.1, 0.15) is 0 Å². The smallest absolute Gasteiger partial charge is 0.229 e. The summed E-state index contributed by atoms with van der Waals surface area (Å²) >= 11 is 0. The number of rotatable bonds is 5. The fraction of sp³-hybridized carbons (Fsp3) is 0.938. The number of nitrogens with one attached hydrogen (secondary N) is 1. The zero-order chi connectivity index (χ0) is 14.6. The highest BCUT2D eigenvalue weighted by atomic mass is 16.2. The lowest BCUT2D eigenvalue weighted by atomic mass is 9.77. The second-order valence-corrected chi connectivity index (χ2v) is 6.52. The van der Waals surface area contributed by atoms with Crippen molar-refractivity contribution in [1.82, 2.24) is 15.1 Å². The van der Waals surface area contributed by atoms with E-state index in [1.54, 1.807) is 0 Å². The van der Waals surface area contributed by atoms with Crippen molar-refractivity contribution in [2.75, 3.05) is 39.8 Å². The summed E-state index contributed by atoms with van der Waals surface area (Å²) < 4.78 is 0. The Morgan fingerprint density at radius 1 is 1.40 bits per heavy atom. The number of likely N-dealkylation sites (N-methyl/N-ethyl adjacent to an activating group) is 2. The molecule has 2 unspecified atom stereocenters. The number of carbonyl (C=O) groups is 1. The maximum absolute atomic E-state index is 12.9. The van der Waals surface area contributed by atoms with E-state index in [1.165, 1.54) is 19.4 Å². The molecule has 4 heteroatoms. The molecule has 0 aromatic rings. The van der Waals surface area contributed by atoms with Gasteiger partial charge in [0.05, 0.1) is 5.41 Å². The molecule has 0 saturated carbocycles.